The van der Waals surface area contributed by atoms with Crippen molar-refractivity contribution in [1.82, 2.24) is 14.9 Å². The summed E-state index contributed by atoms with van der Waals surface area (Å²) in [6.45, 7) is 5.37. The van der Waals surface area contributed by atoms with Crippen molar-refractivity contribution < 1.29 is 4.39 Å². The van der Waals surface area contributed by atoms with Crippen LogP contribution in [0.2, 0.25) is 0 Å². The van der Waals surface area contributed by atoms with Gasteiger partial charge in [0.2, 0.25) is 0 Å². The van der Waals surface area contributed by atoms with Crippen molar-refractivity contribution in [1.29, 1.82) is 0 Å². The van der Waals surface area contributed by atoms with Gasteiger partial charge in [0.15, 0.2) is 5.82 Å². The Labute approximate surface area is 153 Å². The van der Waals surface area contributed by atoms with Crippen molar-refractivity contribution in [3.8, 4) is 0 Å². The molecule has 1 aromatic carbocycles. The smallest absolute Gasteiger partial charge is 0.157 e. The van der Waals surface area contributed by atoms with Crippen LogP contribution in [0.1, 0.15) is 18.4 Å². The summed E-state index contributed by atoms with van der Waals surface area (Å²) in [5, 5.41) is 0. The van der Waals surface area contributed by atoms with E-state index in [1.165, 1.54) is 12.1 Å². The lowest BCUT2D eigenvalue weighted by Gasteiger charge is -2.37. The maximum atomic E-state index is 13.2. The molecule has 2 aromatic rings. The average molecular weight is 356 g/mol. The van der Waals surface area contributed by atoms with Gasteiger partial charge in [0.05, 0.1) is 12.9 Å². The van der Waals surface area contributed by atoms with Crippen LogP contribution in [0, 0.1) is 5.82 Å². The van der Waals surface area contributed by atoms with Crippen LogP contribution in [0.3, 0.4) is 0 Å². The molecular formula is C19H25FN6. The van der Waals surface area contributed by atoms with Crippen molar-refractivity contribution in [3.63, 3.8) is 0 Å². The summed E-state index contributed by atoms with van der Waals surface area (Å²) in [4.78, 5) is 15.9. The number of nitrogens with two attached hydrogens (primary N) is 1. The lowest BCUT2D eigenvalue weighted by atomic mass is 10.0. The second-order valence-electron chi connectivity index (χ2n) is 7.03. The number of piperidine rings is 1. The number of anilines is 2. The predicted molar refractivity (Wildman–Crippen MR) is 100 cm³/mol. The van der Waals surface area contributed by atoms with Crippen LogP contribution in [0.5, 0.6) is 0 Å². The van der Waals surface area contributed by atoms with Crippen molar-refractivity contribution in [2.24, 2.45) is 5.73 Å². The molecule has 2 N–H and O–H groups in total. The zero-order chi connectivity index (χ0) is 17.9. The number of aromatic nitrogens is 2. The second kappa shape index (κ2) is 7.55. The maximum absolute atomic E-state index is 13.2. The Morgan fingerprint density at radius 3 is 2.65 bits per heavy atom. The molecule has 7 heteroatoms. The minimum absolute atomic E-state index is 0.205. The third-order valence-electron chi connectivity index (χ3n) is 5.33. The van der Waals surface area contributed by atoms with Crippen molar-refractivity contribution >= 4 is 11.5 Å². The second-order valence-corrected chi connectivity index (χ2v) is 7.03. The fourth-order valence-corrected chi connectivity index (χ4v) is 3.97. The fourth-order valence-electron chi connectivity index (χ4n) is 3.97. The molecule has 1 aromatic heterocycles. The highest BCUT2D eigenvalue weighted by atomic mass is 19.1. The Kier molecular flexibility index (Phi) is 4.99. The van der Waals surface area contributed by atoms with E-state index in [4.69, 9.17) is 5.73 Å². The summed E-state index contributed by atoms with van der Waals surface area (Å²) in [5.41, 5.74) is 7.86. The predicted octanol–water partition coefficient (Wildman–Crippen LogP) is 1.82. The number of likely N-dealkylation sites (tertiary alicyclic amines) is 1. The highest BCUT2D eigenvalue weighted by Crippen LogP contribution is 2.37. The highest BCUT2D eigenvalue weighted by molar-refractivity contribution is 5.71. The van der Waals surface area contributed by atoms with Gasteiger partial charge in [-0.1, -0.05) is 12.1 Å². The van der Waals surface area contributed by atoms with Crippen LogP contribution in [0.25, 0.3) is 0 Å². The monoisotopic (exact) mass is 356 g/mol. The number of nitrogens with zero attached hydrogens (tertiary/aromatic N) is 5. The minimum atomic E-state index is -0.205. The van der Waals surface area contributed by atoms with Gasteiger partial charge in [-0.05, 0) is 30.5 Å². The van der Waals surface area contributed by atoms with Crippen LogP contribution in [-0.4, -0.2) is 53.8 Å². The van der Waals surface area contributed by atoms with Crippen molar-refractivity contribution in [2.45, 2.75) is 25.4 Å². The van der Waals surface area contributed by atoms with E-state index in [2.05, 4.69) is 24.7 Å². The quantitative estimate of drug-likeness (QED) is 0.882. The van der Waals surface area contributed by atoms with Crippen LogP contribution in [0.15, 0.2) is 36.8 Å². The van der Waals surface area contributed by atoms with Crippen molar-refractivity contribution in [3.05, 3.63) is 48.2 Å². The summed E-state index contributed by atoms with van der Waals surface area (Å²) in [5.74, 6) is 0.762. The van der Waals surface area contributed by atoms with E-state index in [9.17, 15) is 4.39 Å². The molecule has 6 nitrogen and oxygen atoms in total. The topological polar surface area (TPSA) is 61.5 Å². The van der Waals surface area contributed by atoms with E-state index in [0.29, 0.717) is 12.6 Å². The molecule has 26 heavy (non-hydrogen) atoms. The highest BCUT2D eigenvalue weighted by Gasteiger charge is 2.33. The van der Waals surface area contributed by atoms with Gasteiger partial charge in [0.25, 0.3) is 0 Å². The third-order valence-corrected chi connectivity index (χ3v) is 5.33. The molecular weight excluding hydrogens is 331 g/mol. The number of benzene rings is 1. The molecule has 138 valence electrons. The molecule has 1 saturated heterocycles. The third kappa shape index (κ3) is 3.50. The molecule has 0 spiro atoms. The molecule has 1 fully saturated rings. The Balaban J connectivity index is 1.49. The standard InChI is InChI=1S/C19H25FN6/c20-16-3-1-15(2-4-16)12-25-14-26(18-11-22-13-23-19(18)25)17-5-8-24(9-6-17)10-7-21/h1-4,11,13,17H,5-10,12,14,21H2. The van der Waals surface area contributed by atoms with Gasteiger partial charge in [0.1, 0.15) is 17.8 Å². The number of fused-ring (bicyclic) bond motifs is 1. The Morgan fingerprint density at radius 2 is 1.92 bits per heavy atom. The molecule has 0 bridgehead atoms. The lowest BCUT2D eigenvalue weighted by Crippen LogP contribution is -2.47. The molecule has 0 atom stereocenters. The Morgan fingerprint density at radius 1 is 1.15 bits per heavy atom. The number of hydrogen-bond donors (Lipinski definition) is 1. The summed E-state index contributed by atoms with van der Waals surface area (Å²) < 4.78 is 13.2. The molecule has 0 radical (unpaired) electrons. The van der Waals surface area contributed by atoms with Gasteiger partial charge < -0.3 is 20.4 Å². The molecule has 0 amide bonds. The summed E-state index contributed by atoms with van der Waals surface area (Å²) in [6, 6.07) is 7.19. The summed E-state index contributed by atoms with van der Waals surface area (Å²) in [6.07, 6.45) is 5.76. The molecule has 4 rings (SSSR count). The van der Waals surface area contributed by atoms with Crippen molar-refractivity contribution in [2.75, 3.05) is 42.6 Å². The van der Waals surface area contributed by atoms with Gasteiger partial charge in [-0.3, -0.25) is 0 Å². The first-order chi connectivity index (χ1) is 12.7. The van der Waals surface area contributed by atoms with Crippen LogP contribution in [0.4, 0.5) is 15.9 Å². The molecule has 3 heterocycles. The molecule has 0 saturated carbocycles. The average Bonchev–Trinajstić information content (AvgIpc) is 3.03. The lowest BCUT2D eigenvalue weighted by molar-refractivity contribution is 0.214. The number of hydrogen-bond acceptors (Lipinski definition) is 6. The SMILES string of the molecule is NCCN1CCC(N2CN(Cc3ccc(F)cc3)c3ncncc32)CC1. The maximum Gasteiger partial charge on any atom is 0.157 e. The fraction of sp³-hybridized carbons (Fsp3) is 0.474. The van der Waals surface area contributed by atoms with Gasteiger partial charge in [-0.15, -0.1) is 0 Å². The largest absolute Gasteiger partial charge is 0.346 e. The molecule has 2 aliphatic rings. The van der Waals surface area contributed by atoms with E-state index in [0.717, 1.165) is 62.8 Å². The molecule has 0 unspecified atom stereocenters. The first-order valence-electron chi connectivity index (χ1n) is 9.23. The Bertz CT molecular complexity index is 729. The van der Waals surface area contributed by atoms with E-state index in [-0.39, 0.29) is 5.82 Å². The molecule has 0 aliphatic carbocycles. The zero-order valence-electron chi connectivity index (χ0n) is 14.9. The van der Waals surface area contributed by atoms with E-state index in [1.807, 2.05) is 18.3 Å². The summed E-state index contributed by atoms with van der Waals surface area (Å²) in [7, 11) is 0. The van der Waals surface area contributed by atoms with Crippen LogP contribution in [-0.2, 0) is 6.54 Å². The Hall–Kier alpha value is -2.25. The van der Waals surface area contributed by atoms with Gasteiger partial charge in [0, 0.05) is 38.8 Å². The zero-order valence-corrected chi connectivity index (χ0v) is 14.9. The number of halogens is 1. The van der Waals surface area contributed by atoms with E-state index < -0.39 is 0 Å². The first-order valence-corrected chi connectivity index (χ1v) is 9.23. The van der Waals surface area contributed by atoms with E-state index in [1.54, 1.807) is 6.33 Å². The van der Waals surface area contributed by atoms with Crippen LogP contribution < -0.4 is 15.5 Å². The van der Waals surface area contributed by atoms with Crippen LogP contribution >= 0.6 is 0 Å². The normalized spacial score (nSPS) is 18.4. The molecule has 2 aliphatic heterocycles. The number of rotatable bonds is 5. The van der Waals surface area contributed by atoms with E-state index >= 15 is 0 Å². The first kappa shape index (κ1) is 17.2. The van der Waals surface area contributed by atoms with Gasteiger partial charge >= 0.3 is 0 Å². The minimum Gasteiger partial charge on any atom is -0.346 e. The van der Waals surface area contributed by atoms with Gasteiger partial charge in [-0.25, -0.2) is 14.4 Å². The summed E-state index contributed by atoms with van der Waals surface area (Å²) >= 11 is 0. The van der Waals surface area contributed by atoms with Gasteiger partial charge in [-0.2, -0.15) is 0 Å².